The van der Waals surface area contributed by atoms with Crippen molar-refractivity contribution in [1.29, 1.82) is 0 Å². The van der Waals surface area contributed by atoms with Gasteiger partial charge in [-0.25, -0.2) is 0 Å². The van der Waals surface area contributed by atoms with Crippen LogP contribution in [0.2, 0.25) is 0 Å². The van der Waals surface area contributed by atoms with E-state index < -0.39 is 29.2 Å². The van der Waals surface area contributed by atoms with E-state index in [9.17, 15) is 14.4 Å². The Morgan fingerprint density at radius 2 is 1.29 bits per heavy atom. The Hall–Kier alpha value is -3.06. The van der Waals surface area contributed by atoms with Crippen molar-refractivity contribution in [2.75, 3.05) is 10.6 Å². The van der Waals surface area contributed by atoms with E-state index in [1.54, 1.807) is 62.4 Å². The standard InChI is InChI=1S/C24H29N3O3S/c1-5-24(22(29)25-18-12-8-6-9-13-18,23(30)26-19-14-10-7-11-15-19)27-21(28)20(16(2)3)17(4)31/h6-16,20H,5H2,1-4H3,(H,25,29)(H,26,30)(H,27,28)/t20-/m1/s1. The molecule has 3 amide bonds. The Balaban J connectivity index is 2.42. The van der Waals surface area contributed by atoms with Crippen LogP contribution in [0.25, 0.3) is 0 Å². The molecule has 0 spiro atoms. The number of anilines is 2. The molecule has 0 heterocycles. The summed E-state index contributed by atoms with van der Waals surface area (Å²) in [6, 6.07) is 17.6. The normalized spacial score (nSPS) is 12.0. The first-order valence-corrected chi connectivity index (χ1v) is 10.7. The first-order chi connectivity index (χ1) is 14.7. The van der Waals surface area contributed by atoms with Gasteiger partial charge in [-0.15, -0.1) is 0 Å². The maximum atomic E-state index is 13.4. The first kappa shape index (κ1) is 24.2. The van der Waals surface area contributed by atoms with Gasteiger partial charge < -0.3 is 16.0 Å². The number of thiocarbonyl (C=S) groups is 1. The average Bonchev–Trinajstić information content (AvgIpc) is 2.72. The van der Waals surface area contributed by atoms with Crippen LogP contribution in [0.4, 0.5) is 11.4 Å². The van der Waals surface area contributed by atoms with Gasteiger partial charge in [0, 0.05) is 16.2 Å². The molecule has 7 heteroatoms. The van der Waals surface area contributed by atoms with Gasteiger partial charge in [-0.3, -0.25) is 14.4 Å². The van der Waals surface area contributed by atoms with E-state index in [2.05, 4.69) is 16.0 Å². The third kappa shape index (κ3) is 5.98. The van der Waals surface area contributed by atoms with Crippen molar-refractivity contribution < 1.29 is 14.4 Å². The molecular weight excluding hydrogens is 410 g/mol. The minimum atomic E-state index is -1.82. The lowest BCUT2D eigenvalue weighted by atomic mass is 9.88. The van der Waals surface area contributed by atoms with Crippen molar-refractivity contribution in [3.8, 4) is 0 Å². The number of benzene rings is 2. The van der Waals surface area contributed by atoms with Crippen LogP contribution in [0.1, 0.15) is 34.1 Å². The molecule has 0 saturated heterocycles. The van der Waals surface area contributed by atoms with Crippen LogP contribution in [-0.4, -0.2) is 28.1 Å². The molecule has 0 saturated carbocycles. The zero-order valence-corrected chi connectivity index (χ0v) is 19.1. The van der Waals surface area contributed by atoms with Gasteiger partial charge in [-0.1, -0.05) is 69.4 Å². The molecule has 0 aromatic heterocycles. The van der Waals surface area contributed by atoms with Crippen molar-refractivity contribution in [2.45, 2.75) is 39.7 Å². The molecule has 0 fully saturated rings. The molecular formula is C24H29N3O3S. The third-order valence-electron chi connectivity index (χ3n) is 5.09. The van der Waals surface area contributed by atoms with E-state index >= 15 is 0 Å². The second-order valence-electron chi connectivity index (χ2n) is 7.72. The molecule has 31 heavy (non-hydrogen) atoms. The number of carbonyl (C=O) groups is 3. The van der Waals surface area contributed by atoms with Crippen molar-refractivity contribution in [1.82, 2.24) is 5.32 Å². The van der Waals surface area contributed by atoms with Crippen molar-refractivity contribution in [3.05, 3.63) is 60.7 Å². The zero-order valence-electron chi connectivity index (χ0n) is 18.3. The van der Waals surface area contributed by atoms with Gasteiger partial charge in [0.2, 0.25) is 5.91 Å². The highest BCUT2D eigenvalue weighted by Crippen LogP contribution is 2.22. The van der Waals surface area contributed by atoms with E-state index in [0.717, 1.165) is 0 Å². The van der Waals surface area contributed by atoms with Gasteiger partial charge in [-0.05, 0) is 43.5 Å². The van der Waals surface area contributed by atoms with Crippen LogP contribution in [0.15, 0.2) is 60.7 Å². The number of hydrogen-bond donors (Lipinski definition) is 3. The summed E-state index contributed by atoms with van der Waals surface area (Å²) in [5.74, 6) is -2.37. The Labute approximate surface area is 188 Å². The topological polar surface area (TPSA) is 87.3 Å². The molecule has 0 aliphatic rings. The van der Waals surface area contributed by atoms with E-state index in [1.807, 2.05) is 26.0 Å². The Bertz CT molecular complexity index is 876. The number of nitrogens with one attached hydrogen (secondary N) is 3. The van der Waals surface area contributed by atoms with Gasteiger partial charge in [0.05, 0.1) is 5.92 Å². The summed E-state index contributed by atoms with van der Waals surface area (Å²) in [7, 11) is 0. The minimum Gasteiger partial charge on any atom is -0.334 e. The molecule has 164 valence electrons. The lowest BCUT2D eigenvalue weighted by Gasteiger charge is -2.33. The largest absolute Gasteiger partial charge is 0.334 e. The Morgan fingerprint density at radius 3 is 1.61 bits per heavy atom. The summed E-state index contributed by atoms with van der Waals surface area (Å²) in [5.41, 5.74) is -0.766. The molecule has 0 bridgehead atoms. The summed E-state index contributed by atoms with van der Waals surface area (Å²) in [6.45, 7) is 7.13. The summed E-state index contributed by atoms with van der Waals surface area (Å²) in [5, 5.41) is 8.24. The molecule has 2 rings (SSSR count). The molecule has 0 unspecified atom stereocenters. The van der Waals surface area contributed by atoms with Gasteiger partial charge in [0.15, 0.2) is 5.54 Å². The van der Waals surface area contributed by atoms with Crippen LogP contribution in [-0.2, 0) is 14.4 Å². The SMILES string of the molecule is CCC(NC(=O)[C@@H](C(C)=S)C(C)C)(C(=O)Nc1ccccc1)C(=O)Nc1ccccc1. The van der Waals surface area contributed by atoms with Gasteiger partial charge in [0.1, 0.15) is 0 Å². The van der Waals surface area contributed by atoms with E-state index in [0.29, 0.717) is 16.2 Å². The van der Waals surface area contributed by atoms with Crippen LogP contribution in [0.3, 0.4) is 0 Å². The summed E-state index contributed by atoms with van der Waals surface area (Å²) < 4.78 is 0. The number of carbonyl (C=O) groups excluding carboxylic acids is 3. The smallest absolute Gasteiger partial charge is 0.259 e. The lowest BCUT2D eigenvalue weighted by molar-refractivity contribution is -0.139. The van der Waals surface area contributed by atoms with Crippen LogP contribution >= 0.6 is 12.2 Å². The maximum Gasteiger partial charge on any atom is 0.259 e. The Morgan fingerprint density at radius 1 is 0.871 bits per heavy atom. The van der Waals surface area contributed by atoms with Gasteiger partial charge >= 0.3 is 0 Å². The zero-order chi connectivity index (χ0) is 23.0. The van der Waals surface area contributed by atoms with E-state index in [-0.39, 0.29) is 12.3 Å². The second-order valence-corrected chi connectivity index (χ2v) is 8.36. The average molecular weight is 440 g/mol. The summed E-state index contributed by atoms with van der Waals surface area (Å²) in [4.78, 5) is 40.4. The molecule has 2 aromatic carbocycles. The fraction of sp³-hybridized carbons (Fsp3) is 0.333. The third-order valence-corrected chi connectivity index (χ3v) is 5.35. The highest BCUT2D eigenvalue weighted by molar-refractivity contribution is 7.80. The van der Waals surface area contributed by atoms with Crippen LogP contribution in [0.5, 0.6) is 0 Å². The van der Waals surface area contributed by atoms with Crippen molar-refractivity contribution in [2.24, 2.45) is 11.8 Å². The fourth-order valence-corrected chi connectivity index (χ4v) is 3.77. The van der Waals surface area contributed by atoms with Crippen LogP contribution < -0.4 is 16.0 Å². The monoisotopic (exact) mass is 439 g/mol. The molecule has 3 N–H and O–H groups in total. The highest BCUT2D eigenvalue weighted by Gasteiger charge is 2.47. The quantitative estimate of drug-likeness (QED) is 0.404. The van der Waals surface area contributed by atoms with Crippen molar-refractivity contribution in [3.63, 3.8) is 0 Å². The Kier molecular flexibility index (Phi) is 8.45. The number of hydrogen-bond acceptors (Lipinski definition) is 4. The maximum absolute atomic E-state index is 13.4. The van der Waals surface area contributed by atoms with Crippen molar-refractivity contribution >= 4 is 46.2 Å². The number of amides is 3. The molecule has 0 aliphatic carbocycles. The lowest BCUT2D eigenvalue weighted by Crippen LogP contribution is -2.65. The molecule has 0 aliphatic heterocycles. The summed E-state index contributed by atoms with van der Waals surface area (Å²) in [6.07, 6.45) is 0.0529. The van der Waals surface area contributed by atoms with E-state index in [4.69, 9.17) is 12.2 Å². The van der Waals surface area contributed by atoms with Gasteiger partial charge in [-0.2, -0.15) is 0 Å². The predicted octanol–water partition coefficient (Wildman–Crippen LogP) is 4.19. The highest BCUT2D eigenvalue weighted by atomic mass is 32.1. The number of para-hydroxylation sites is 2. The summed E-state index contributed by atoms with van der Waals surface area (Å²) >= 11 is 5.27. The first-order valence-electron chi connectivity index (χ1n) is 10.3. The fourth-order valence-electron chi connectivity index (χ4n) is 3.39. The predicted molar refractivity (Wildman–Crippen MR) is 128 cm³/mol. The molecule has 2 aromatic rings. The minimum absolute atomic E-state index is 0.0529. The molecule has 0 radical (unpaired) electrons. The van der Waals surface area contributed by atoms with Gasteiger partial charge in [0.25, 0.3) is 11.8 Å². The van der Waals surface area contributed by atoms with E-state index in [1.165, 1.54) is 0 Å². The number of rotatable bonds is 9. The molecule has 1 atom stereocenters. The molecule has 6 nitrogen and oxygen atoms in total. The second kappa shape index (κ2) is 10.8. The van der Waals surface area contributed by atoms with Crippen LogP contribution in [0, 0.1) is 11.8 Å².